The number of hydrogen-bond donors (Lipinski definition) is 1. The Hall–Kier alpha value is -1.15. The first-order valence-electron chi connectivity index (χ1n) is 5.12. The van der Waals surface area contributed by atoms with Crippen LogP contribution in [-0.2, 0) is 6.42 Å². The molecule has 1 radical (unpaired) electrons. The maximum Gasteiger partial charge on any atom is 0.0913 e. The van der Waals surface area contributed by atoms with Crippen LogP contribution in [0.3, 0.4) is 0 Å². The third-order valence-corrected chi connectivity index (χ3v) is 3.30. The summed E-state index contributed by atoms with van der Waals surface area (Å²) in [4.78, 5) is 0. The molecule has 0 unspecified atom stereocenters. The largest absolute Gasteiger partial charge is 0.368 e. The first-order chi connectivity index (χ1) is 7.45. The van der Waals surface area contributed by atoms with Crippen molar-refractivity contribution in [1.29, 1.82) is 0 Å². The summed E-state index contributed by atoms with van der Waals surface area (Å²) in [6.07, 6.45) is 10.2. The maximum atomic E-state index is 3.18. The van der Waals surface area contributed by atoms with Gasteiger partial charge in [-0.2, -0.15) is 0 Å². The lowest BCUT2D eigenvalue weighted by Gasteiger charge is -2.14. The lowest BCUT2D eigenvalue weighted by molar-refractivity contribution is 0.883. The van der Waals surface area contributed by atoms with E-state index in [0.717, 1.165) is 12.2 Å². The van der Waals surface area contributed by atoms with Crippen molar-refractivity contribution in [3.05, 3.63) is 60.3 Å². The molecule has 1 nitrogen and oxygen atoms in total. The van der Waals surface area contributed by atoms with Crippen LogP contribution in [0.15, 0.2) is 48.6 Å². The van der Waals surface area contributed by atoms with E-state index in [4.69, 9.17) is 0 Å². The van der Waals surface area contributed by atoms with Crippen molar-refractivity contribution in [3.8, 4) is 0 Å². The van der Waals surface area contributed by atoms with Crippen molar-refractivity contribution >= 4 is 11.8 Å². The van der Waals surface area contributed by atoms with Crippen LogP contribution in [0, 0.1) is 6.20 Å². The van der Waals surface area contributed by atoms with Crippen LogP contribution in [0.2, 0.25) is 0 Å². The standard InChI is InChI=1S/C13H14NS/c1-2-6-12(7-3-1)9-11-15-13-8-4-5-10-14-13/h1-8,13-14H,9,11H2/t13-/m0/s1. The van der Waals surface area contributed by atoms with Gasteiger partial charge in [-0.25, -0.2) is 0 Å². The molecule has 0 aliphatic carbocycles. The summed E-state index contributed by atoms with van der Waals surface area (Å²) in [7, 11) is 0. The highest BCUT2D eigenvalue weighted by atomic mass is 32.2. The highest BCUT2D eigenvalue weighted by Crippen LogP contribution is 2.14. The monoisotopic (exact) mass is 216 g/mol. The predicted molar refractivity (Wildman–Crippen MR) is 66.5 cm³/mol. The number of allylic oxidation sites excluding steroid dienone is 2. The Labute approximate surface area is 95.3 Å². The average molecular weight is 216 g/mol. The fraction of sp³-hybridized carbons (Fsp3) is 0.231. The molecule has 0 saturated carbocycles. The molecule has 1 aliphatic rings. The number of nitrogens with one attached hydrogen (secondary N) is 1. The Morgan fingerprint density at radius 1 is 1.27 bits per heavy atom. The molecule has 1 heterocycles. The van der Waals surface area contributed by atoms with E-state index in [1.54, 1.807) is 0 Å². The van der Waals surface area contributed by atoms with Crippen LogP contribution in [0.1, 0.15) is 5.56 Å². The highest BCUT2D eigenvalue weighted by Gasteiger charge is 2.03. The summed E-state index contributed by atoms with van der Waals surface area (Å²) in [6.45, 7) is 0. The number of rotatable bonds is 4. The van der Waals surface area contributed by atoms with Gasteiger partial charge in [0.2, 0.25) is 0 Å². The molecule has 77 valence electrons. The van der Waals surface area contributed by atoms with Crippen molar-refractivity contribution in [3.63, 3.8) is 0 Å². The van der Waals surface area contributed by atoms with Crippen LogP contribution in [0.4, 0.5) is 0 Å². The number of aryl methyl sites for hydroxylation is 1. The zero-order chi connectivity index (χ0) is 10.3. The fourth-order valence-corrected chi connectivity index (χ4v) is 2.39. The van der Waals surface area contributed by atoms with E-state index in [2.05, 4.69) is 47.9 Å². The van der Waals surface area contributed by atoms with E-state index in [0.29, 0.717) is 5.37 Å². The lowest BCUT2D eigenvalue weighted by Crippen LogP contribution is -2.20. The topological polar surface area (TPSA) is 12.0 Å². The van der Waals surface area contributed by atoms with Gasteiger partial charge < -0.3 is 5.32 Å². The minimum absolute atomic E-state index is 0.388. The van der Waals surface area contributed by atoms with Crippen molar-refractivity contribution in [2.24, 2.45) is 0 Å². The van der Waals surface area contributed by atoms with Gasteiger partial charge in [-0.05, 0) is 23.8 Å². The Morgan fingerprint density at radius 2 is 2.13 bits per heavy atom. The van der Waals surface area contributed by atoms with Crippen molar-refractivity contribution in [2.45, 2.75) is 11.8 Å². The van der Waals surface area contributed by atoms with Crippen LogP contribution < -0.4 is 5.32 Å². The molecule has 2 heteroatoms. The quantitative estimate of drug-likeness (QED) is 0.830. The van der Waals surface area contributed by atoms with Crippen LogP contribution in [0.5, 0.6) is 0 Å². The van der Waals surface area contributed by atoms with E-state index >= 15 is 0 Å². The number of hydrogen-bond acceptors (Lipinski definition) is 2. The van der Waals surface area contributed by atoms with Crippen molar-refractivity contribution < 1.29 is 0 Å². The van der Waals surface area contributed by atoms with E-state index in [9.17, 15) is 0 Å². The number of thioether (sulfide) groups is 1. The van der Waals surface area contributed by atoms with E-state index < -0.39 is 0 Å². The summed E-state index contributed by atoms with van der Waals surface area (Å²) in [5, 5.41) is 3.56. The molecule has 15 heavy (non-hydrogen) atoms. The molecule has 1 aromatic rings. The maximum absolute atomic E-state index is 3.18. The third kappa shape index (κ3) is 3.48. The summed E-state index contributed by atoms with van der Waals surface area (Å²) in [5.74, 6) is 1.13. The molecule has 0 fully saturated rings. The van der Waals surface area contributed by atoms with Crippen LogP contribution in [-0.4, -0.2) is 11.1 Å². The van der Waals surface area contributed by atoms with Gasteiger partial charge in [-0.15, -0.1) is 11.8 Å². The second-order valence-electron chi connectivity index (χ2n) is 3.37. The summed E-state index contributed by atoms with van der Waals surface area (Å²) in [5.41, 5.74) is 1.41. The number of benzene rings is 1. The SMILES string of the molecule is [C]1=CC=C[C@H](SCCc2ccccc2)N1. The van der Waals surface area contributed by atoms with Crippen molar-refractivity contribution in [1.82, 2.24) is 5.32 Å². The zero-order valence-electron chi connectivity index (χ0n) is 8.52. The van der Waals surface area contributed by atoms with Gasteiger partial charge in [0.25, 0.3) is 0 Å². The summed E-state index contributed by atoms with van der Waals surface area (Å²) in [6, 6.07) is 10.6. The first kappa shape index (κ1) is 10.4. The van der Waals surface area contributed by atoms with Gasteiger partial charge in [0.15, 0.2) is 0 Å². The minimum atomic E-state index is 0.388. The van der Waals surface area contributed by atoms with Gasteiger partial charge in [0, 0.05) is 0 Å². The lowest BCUT2D eigenvalue weighted by atomic mass is 10.2. The Morgan fingerprint density at radius 3 is 2.87 bits per heavy atom. The van der Waals surface area contributed by atoms with E-state index in [1.165, 1.54) is 5.56 Å². The highest BCUT2D eigenvalue weighted by molar-refractivity contribution is 8.00. The minimum Gasteiger partial charge on any atom is -0.368 e. The zero-order valence-corrected chi connectivity index (χ0v) is 9.34. The molecule has 1 N–H and O–H groups in total. The normalized spacial score (nSPS) is 18.8. The molecule has 0 aromatic heterocycles. The molecule has 0 spiro atoms. The smallest absolute Gasteiger partial charge is 0.0913 e. The second-order valence-corrected chi connectivity index (χ2v) is 4.62. The second kappa shape index (κ2) is 5.66. The fourth-order valence-electron chi connectivity index (χ4n) is 1.43. The molecule has 0 saturated heterocycles. The van der Waals surface area contributed by atoms with Crippen LogP contribution in [0.25, 0.3) is 0 Å². The van der Waals surface area contributed by atoms with Crippen LogP contribution >= 0.6 is 11.8 Å². The van der Waals surface area contributed by atoms with Crippen molar-refractivity contribution in [2.75, 3.05) is 5.75 Å². The Balaban J connectivity index is 1.71. The summed E-state index contributed by atoms with van der Waals surface area (Å²) < 4.78 is 0. The Bertz CT molecular complexity index is 343. The first-order valence-corrected chi connectivity index (χ1v) is 6.16. The van der Waals surface area contributed by atoms with Gasteiger partial charge in [0.05, 0.1) is 11.6 Å². The van der Waals surface area contributed by atoms with Gasteiger partial charge >= 0.3 is 0 Å². The third-order valence-electron chi connectivity index (χ3n) is 2.22. The molecule has 0 bridgehead atoms. The summed E-state index contributed by atoms with van der Waals surface area (Å²) >= 11 is 1.91. The van der Waals surface area contributed by atoms with E-state index in [1.807, 2.05) is 23.9 Å². The molecule has 0 amide bonds. The molecule has 2 rings (SSSR count). The average Bonchev–Trinajstić information content (AvgIpc) is 2.32. The molecular weight excluding hydrogens is 202 g/mol. The Kier molecular flexibility index (Phi) is 3.92. The molecular formula is C13H14NS. The predicted octanol–water partition coefficient (Wildman–Crippen LogP) is 2.76. The van der Waals surface area contributed by atoms with Gasteiger partial charge in [-0.3, -0.25) is 0 Å². The molecule has 1 aromatic carbocycles. The number of dihydropyridines is 1. The molecule has 1 aliphatic heterocycles. The van der Waals surface area contributed by atoms with E-state index in [-0.39, 0.29) is 0 Å². The van der Waals surface area contributed by atoms with Gasteiger partial charge in [0.1, 0.15) is 0 Å². The molecule has 1 atom stereocenters. The van der Waals surface area contributed by atoms with Gasteiger partial charge in [-0.1, -0.05) is 42.5 Å².